The summed E-state index contributed by atoms with van der Waals surface area (Å²) in [7, 11) is -3.68. The van der Waals surface area contributed by atoms with Crippen LogP contribution >= 0.6 is 11.6 Å². The summed E-state index contributed by atoms with van der Waals surface area (Å²) in [6.07, 6.45) is 3.29. The lowest BCUT2D eigenvalue weighted by Crippen LogP contribution is -2.02. The normalized spacial score (nSPS) is 11.7. The van der Waals surface area contributed by atoms with Gasteiger partial charge in [0, 0.05) is 34.9 Å². The van der Waals surface area contributed by atoms with Crippen molar-refractivity contribution in [2.45, 2.75) is 16.3 Å². The van der Waals surface area contributed by atoms with E-state index in [4.69, 9.17) is 17.3 Å². The van der Waals surface area contributed by atoms with Crippen molar-refractivity contribution in [3.05, 3.63) is 83.6 Å². The minimum Gasteiger partial charge on any atom is -0.384 e. The number of anilines is 1. The molecule has 2 aromatic heterocycles. The van der Waals surface area contributed by atoms with Gasteiger partial charge in [-0.25, -0.2) is 13.4 Å². The van der Waals surface area contributed by atoms with E-state index in [2.05, 4.69) is 4.98 Å². The first-order chi connectivity index (χ1) is 12.9. The Bertz CT molecular complexity index is 1230. The lowest BCUT2D eigenvalue weighted by Gasteiger charge is -2.06. The highest BCUT2D eigenvalue weighted by Gasteiger charge is 2.23. The smallest absolute Gasteiger partial charge is 0.208 e. The van der Waals surface area contributed by atoms with Crippen LogP contribution in [0.3, 0.4) is 0 Å². The Morgan fingerprint density at radius 3 is 2.56 bits per heavy atom. The van der Waals surface area contributed by atoms with Gasteiger partial charge in [0.05, 0.1) is 9.79 Å². The fourth-order valence-corrected chi connectivity index (χ4v) is 4.76. The van der Waals surface area contributed by atoms with Crippen molar-refractivity contribution in [2.75, 3.05) is 5.73 Å². The van der Waals surface area contributed by atoms with Gasteiger partial charge in [0.1, 0.15) is 5.82 Å². The first-order valence-corrected chi connectivity index (χ1v) is 10.1. The summed E-state index contributed by atoms with van der Waals surface area (Å²) >= 11 is 6.15. The molecule has 2 heterocycles. The van der Waals surface area contributed by atoms with Gasteiger partial charge in [-0.15, -0.1) is 0 Å². The zero-order chi connectivity index (χ0) is 19.0. The lowest BCUT2D eigenvalue weighted by molar-refractivity contribution is 0.596. The molecule has 0 fully saturated rings. The maximum absolute atomic E-state index is 13.2. The van der Waals surface area contributed by atoms with Gasteiger partial charge < -0.3 is 10.3 Å². The number of nitrogen functional groups attached to an aromatic ring is 1. The molecule has 0 bridgehead atoms. The third-order valence-electron chi connectivity index (χ3n) is 4.35. The van der Waals surface area contributed by atoms with Gasteiger partial charge in [0.2, 0.25) is 9.84 Å². The molecule has 2 N–H and O–H groups in total. The van der Waals surface area contributed by atoms with Crippen LogP contribution in [0.5, 0.6) is 0 Å². The van der Waals surface area contributed by atoms with Gasteiger partial charge in [-0.1, -0.05) is 29.8 Å². The van der Waals surface area contributed by atoms with E-state index < -0.39 is 9.84 Å². The minimum absolute atomic E-state index is 0.230. The minimum atomic E-state index is -3.68. The molecule has 0 atom stereocenters. The van der Waals surface area contributed by atoms with E-state index in [0.717, 1.165) is 11.1 Å². The van der Waals surface area contributed by atoms with Gasteiger partial charge >= 0.3 is 0 Å². The number of halogens is 1. The second-order valence-corrected chi connectivity index (χ2v) is 8.54. The molecule has 7 heteroatoms. The van der Waals surface area contributed by atoms with E-state index in [-0.39, 0.29) is 9.79 Å². The summed E-state index contributed by atoms with van der Waals surface area (Å²) in [5, 5.41) is 1.08. The van der Waals surface area contributed by atoms with Crippen LogP contribution in [0.4, 0.5) is 5.82 Å². The van der Waals surface area contributed by atoms with Gasteiger partial charge in [-0.05, 0) is 48.0 Å². The molecule has 2 aromatic carbocycles. The second kappa shape index (κ2) is 6.72. The van der Waals surface area contributed by atoms with Crippen LogP contribution in [-0.2, 0) is 16.4 Å². The van der Waals surface area contributed by atoms with Crippen LogP contribution in [0.1, 0.15) is 5.56 Å². The topological polar surface area (TPSA) is 78.0 Å². The van der Waals surface area contributed by atoms with Gasteiger partial charge in [0.15, 0.2) is 0 Å². The maximum atomic E-state index is 13.2. The van der Waals surface area contributed by atoms with E-state index in [1.165, 1.54) is 0 Å². The summed E-state index contributed by atoms with van der Waals surface area (Å²) in [6, 6.07) is 17.3. The first kappa shape index (κ1) is 17.6. The first-order valence-electron chi connectivity index (χ1n) is 8.24. The van der Waals surface area contributed by atoms with E-state index in [0.29, 0.717) is 22.8 Å². The Kier molecular flexibility index (Phi) is 4.37. The predicted molar refractivity (Wildman–Crippen MR) is 107 cm³/mol. The van der Waals surface area contributed by atoms with Crippen molar-refractivity contribution in [2.24, 2.45) is 0 Å². The highest BCUT2D eigenvalue weighted by atomic mass is 35.5. The molecule has 0 spiro atoms. The van der Waals surface area contributed by atoms with Crippen LogP contribution in [0.25, 0.3) is 10.9 Å². The Hall–Kier alpha value is -2.83. The van der Waals surface area contributed by atoms with Crippen LogP contribution in [0.15, 0.2) is 82.8 Å². The van der Waals surface area contributed by atoms with Crippen molar-refractivity contribution in [1.29, 1.82) is 0 Å². The number of rotatable bonds is 4. The molecule has 136 valence electrons. The quantitative estimate of drug-likeness (QED) is 0.561. The fraction of sp³-hybridized carbons (Fsp3) is 0.0500. The highest BCUT2D eigenvalue weighted by molar-refractivity contribution is 7.91. The number of nitrogens with zero attached hydrogens (tertiary/aromatic N) is 2. The third kappa shape index (κ3) is 3.29. The number of sulfone groups is 1. The summed E-state index contributed by atoms with van der Waals surface area (Å²) in [5.74, 6) is 0.420. The summed E-state index contributed by atoms with van der Waals surface area (Å²) in [6.45, 7) is 0.467. The lowest BCUT2D eigenvalue weighted by atomic mass is 10.2. The molecule has 5 nitrogen and oxygen atoms in total. The maximum Gasteiger partial charge on any atom is 0.208 e. The van der Waals surface area contributed by atoms with Crippen molar-refractivity contribution in [3.8, 4) is 0 Å². The number of hydrogen-bond donors (Lipinski definition) is 1. The second-order valence-electron chi connectivity index (χ2n) is 6.19. The Morgan fingerprint density at radius 1 is 1.04 bits per heavy atom. The number of nitrogens with two attached hydrogens (primary N) is 1. The average molecular weight is 398 g/mol. The van der Waals surface area contributed by atoms with Crippen molar-refractivity contribution in [3.63, 3.8) is 0 Å². The molecule has 4 rings (SSSR count). The van der Waals surface area contributed by atoms with Crippen LogP contribution < -0.4 is 5.73 Å². The zero-order valence-electron chi connectivity index (χ0n) is 14.2. The summed E-state index contributed by atoms with van der Waals surface area (Å²) < 4.78 is 28.3. The summed E-state index contributed by atoms with van der Waals surface area (Å²) in [4.78, 5) is 4.47. The predicted octanol–water partition coefficient (Wildman–Crippen LogP) is 4.15. The van der Waals surface area contributed by atoms with Crippen molar-refractivity contribution < 1.29 is 8.42 Å². The number of fused-ring (bicyclic) bond motifs is 1. The molecule has 0 amide bonds. The van der Waals surface area contributed by atoms with E-state index in [1.54, 1.807) is 60.9 Å². The van der Waals surface area contributed by atoms with Crippen LogP contribution in [0.2, 0.25) is 5.02 Å². The van der Waals surface area contributed by atoms with Crippen LogP contribution in [0, 0.1) is 0 Å². The number of hydrogen-bond acceptors (Lipinski definition) is 4. The molecule has 0 radical (unpaired) electrons. The molecule has 0 aliphatic rings. The van der Waals surface area contributed by atoms with E-state index in [1.807, 2.05) is 16.7 Å². The average Bonchev–Trinajstić information content (AvgIpc) is 3.01. The fourth-order valence-electron chi connectivity index (χ4n) is 3.10. The molecular weight excluding hydrogens is 382 g/mol. The van der Waals surface area contributed by atoms with Crippen molar-refractivity contribution in [1.82, 2.24) is 9.55 Å². The zero-order valence-corrected chi connectivity index (χ0v) is 15.8. The molecule has 27 heavy (non-hydrogen) atoms. The number of pyridine rings is 1. The Labute approximate surface area is 161 Å². The highest BCUT2D eigenvalue weighted by Crippen LogP contribution is 2.32. The van der Waals surface area contributed by atoms with Crippen molar-refractivity contribution >= 4 is 38.2 Å². The standard InChI is InChI=1S/C20H16ClN3O2S/c21-15-6-7-18-17(11-15)19(27(25,26)16-4-2-1-3-5-16)13-24(18)12-14-8-9-23-20(22)10-14/h1-11,13H,12H2,(H2,22,23). The molecule has 0 saturated heterocycles. The SMILES string of the molecule is Nc1cc(Cn2cc(S(=O)(=O)c3ccccc3)c3cc(Cl)ccc32)ccn1. The Morgan fingerprint density at radius 2 is 1.81 bits per heavy atom. The van der Waals surface area contributed by atoms with E-state index in [9.17, 15) is 8.42 Å². The summed E-state index contributed by atoms with van der Waals surface area (Å²) in [5.41, 5.74) is 7.47. The van der Waals surface area contributed by atoms with E-state index >= 15 is 0 Å². The molecule has 0 aliphatic heterocycles. The third-order valence-corrected chi connectivity index (χ3v) is 6.38. The molecule has 0 aliphatic carbocycles. The van der Waals surface area contributed by atoms with Gasteiger partial charge in [-0.3, -0.25) is 0 Å². The largest absolute Gasteiger partial charge is 0.384 e. The molecule has 0 unspecified atom stereocenters. The molecule has 4 aromatic rings. The monoisotopic (exact) mass is 397 g/mol. The number of benzene rings is 2. The molecular formula is C20H16ClN3O2S. The van der Waals surface area contributed by atoms with Gasteiger partial charge in [-0.2, -0.15) is 0 Å². The number of aromatic nitrogens is 2. The molecule has 0 saturated carbocycles. The van der Waals surface area contributed by atoms with Gasteiger partial charge in [0.25, 0.3) is 0 Å². The van der Waals surface area contributed by atoms with Crippen LogP contribution in [-0.4, -0.2) is 18.0 Å². The Balaban J connectivity index is 1.90.